The average Bonchev–Trinajstić information content (AvgIpc) is 2.81. The van der Waals surface area contributed by atoms with Crippen molar-refractivity contribution in [2.45, 2.75) is 17.9 Å². The number of ether oxygens (including phenoxy) is 1. The lowest BCUT2D eigenvalue weighted by molar-refractivity contribution is 0.363. The minimum Gasteiger partial charge on any atom is -0.490 e. The maximum atomic E-state index is 13.1. The molecule has 0 atom stereocenters. The first-order chi connectivity index (χ1) is 15.1. The number of sulfonamides is 1. The lowest BCUT2D eigenvalue weighted by Crippen LogP contribution is -2.35. The summed E-state index contributed by atoms with van der Waals surface area (Å²) >= 11 is 0. The number of nitrogens with zero attached hydrogens (tertiary/aromatic N) is 2. The lowest BCUT2D eigenvalue weighted by Gasteiger charge is -2.28. The monoisotopic (exact) mass is 432 g/mol. The van der Waals surface area contributed by atoms with Crippen LogP contribution in [0.1, 0.15) is 16.7 Å². The fraction of sp³-hybridized carbons (Fsp3) is 0.160. The maximum Gasteiger partial charge on any atom is 0.243 e. The molecule has 0 amide bonds. The van der Waals surface area contributed by atoms with Crippen molar-refractivity contribution in [1.82, 2.24) is 4.31 Å². The van der Waals surface area contributed by atoms with Crippen LogP contribution in [0, 0.1) is 0 Å². The van der Waals surface area contributed by atoms with Crippen LogP contribution in [0.4, 0.5) is 5.69 Å². The Labute approximate surface area is 183 Å². The molecule has 0 spiro atoms. The molecule has 1 aliphatic rings. The van der Waals surface area contributed by atoms with Crippen molar-refractivity contribution in [3.8, 4) is 5.75 Å². The maximum absolute atomic E-state index is 13.1. The van der Waals surface area contributed by atoms with Crippen LogP contribution in [0.25, 0.3) is 0 Å². The van der Waals surface area contributed by atoms with Gasteiger partial charge in [0.15, 0.2) is 0 Å². The molecule has 1 aliphatic heterocycles. The van der Waals surface area contributed by atoms with Crippen molar-refractivity contribution >= 4 is 21.9 Å². The van der Waals surface area contributed by atoms with Crippen LogP contribution < -0.4 is 4.74 Å². The van der Waals surface area contributed by atoms with Gasteiger partial charge in [0.25, 0.3) is 0 Å². The molecule has 31 heavy (non-hydrogen) atoms. The van der Waals surface area contributed by atoms with Crippen molar-refractivity contribution < 1.29 is 13.2 Å². The Morgan fingerprint density at radius 1 is 1.00 bits per heavy atom. The van der Waals surface area contributed by atoms with E-state index in [1.807, 2.05) is 42.5 Å². The molecule has 6 heteroatoms. The predicted octanol–water partition coefficient (Wildman–Crippen LogP) is 4.75. The Bertz CT molecular complexity index is 1200. The van der Waals surface area contributed by atoms with Gasteiger partial charge in [0.1, 0.15) is 12.4 Å². The zero-order chi connectivity index (χ0) is 21.7. The first-order valence-electron chi connectivity index (χ1n) is 10.1. The summed E-state index contributed by atoms with van der Waals surface area (Å²) in [5, 5.41) is 0. The van der Waals surface area contributed by atoms with E-state index >= 15 is 0 Å². The fourth-order valence-electron chi connectivity index (χ4n) is 3.52. The second kappa shape index (κ2) is 9.29. The van der Waals surface area contributed by atoms with Gasteiger partial charge in [-0.3, -0.25) is 4.99 Å². The summed E-state index contributed by atoms with van der Waals surface area (Å²) in [6.45, 7) is 4.98. The number of hydrogen-bond acceptors (Lipinski definition) is 4. The van der Waals surface area contributed by atoms with Crippen LogP contribution in [-0.4, -0.2) is 32.1 Å². The Morgan fingerprint density at radius 2 is 1.77 bits per heavy atom. The van der Waals surface area contributed by atoms with Crippen molar-refractivity contribution in [3.63, 3.8) is 0 Å². The van der Waals surface area contributed by atoms with E-state index in [4.69, 9.17) is 4.74 Å². The molecule has 3 aromatic rings. The molecule has 4 rings (SSSR count). The molecular formula is C25H24N2O3S. The smallest absolute Gasteiger partial charge is 0.243 e. The molecule has 0 aliphatic carbocycles. The van der Waals surface area contributed by atoms with E-state index in [0.29, 0.717) is 25.4 Å². The van der Waals surface area contributed by atoms with Gasteiger partial charge in [0, 0.05) is 19.3 Å². The van der Waals surface area contributed by atoms with E-state index < -0.39 is 10.0 Å². The van der Waals surface area contributed by atoms with E-state index in [9.17, 15) is 8.42 Å². The van der Waals surface area contributed by atoms with E-state index in [1.54, 1.807) is 40.9 Å². The molecule has 0 aromatic heterocycles. The number of hydrogen-bond donors (Lipinski definition) is 0. The third-order valence-corrected chi connectivity index (χ3v) is 7.02. The van der Waals surface area contributed by atoms with Gasteiger partial charge < -0.3 is 4.74 Å². The molecule has 0 fully saturated rings. The summed E-state index contributed by atoms with van der Waals surface area (Å²) in [5.74, 6) is 0.744. The second-order valence-corrected chi connectivity index (χ2v) is 9.22. The van der Waals surface area contributed by atoms with E-state index in [1.165, 1.54) is 5.56 Å². The van der Waals surface area contributed by atoms with Crippen molar-refractivity contribution in [3.05, 3.63) is 102 Å². The summed E-state index contributed by atoms with van der Waals surface area (Å²) in [6, 6.07) is 22.3. The van der Waals surface area contributed by atoms with Crippen LogP contribution in [0.3, 0.4) is 0 Å². The van der Waals surface area contributed by atoms with Gasteiger partial charge in [0.05, 0.1) is 10.6 Å². The van der Waals surface area contributed by atoms with E-state index in [-0.39, 0.29) is 4.90 Å². The van der Waals surface area contributed by atoms with E-state index in [2.05, 4.69) is 17.6 Å². The average molecular weight is 433 g/mol. The molecule has 0 saturated carbocycles. The largest absolute Gasteiger partial charge is 0.490 e. The fourth-order valence-corrected chi connectivity index (χ4v) is 4.94. The molecule has 0 saturated heterocycles. The van der Waals surface area contributed by atoms with Crippen molar-refractivity contribution in [1.29, 1.82) is 0 Å². The third kappa shape index (κ3) is 4.93. The first-order valence-corrected chi connectivity index (χ1v) is 11.5. The van der Waals surface area contributed by atoms with Crippen LogP contribution in [-0.2, 0) is 23.0 Å². The molecule has 0 radical (unpaired) electrons. The Kier molecular flexibility index (Phi) is 6.30. The predicted molar refractivity (Wildman–Crippen MR) is 124 cm³/mol. The normalized spacial score (nSPS) is 14.3. The Morgan fingerprint density at radius 3 is 2.55 bits per heavy atom. The minimum absolute atomic E-state index is 0.283. The highest BCUT2D eigenvalue weighted by Crippen LogP contribution is 2.26. The molecular weight excluding hydrogens is 408 g/mol. The highest BCUT2D eigenvalue weighted by atomic mass is 32.2. The lowest BCUT2D eigenvalue weighted by atomic mass is 10.0. The first kappa shape index (κ1) is 21.0. The number of fused-ring (bicyclic) bond motifs is 1. The van der Waals surface area contributed by atoms with Crippen LogP contribution in [0.5, 0.6) is 5.75 Å². The Balaban J connectivity index is 1.47. The molecule has 158 valence electrons. The highest BCUT2D eigenvalue weighted by Gasteiger charge is 2.28. The summed E-state index contributed by atoms with van der Waals surface area (Å²) in [7, 11) is -3.55. The van der Waals surface area contributed by atoms with Crippen LogP contribution >= 0.6 is 0 Å². The van der Waals surface area contributed by atoms with Crippen LogP contribution in [0.15, 0.2) is 95.3 Å². The molecule has 5 nitrogen and oxygen atoms in total. The zero-order valence-corrected chi connectivity index (χ0v) is 18.0. The zero-order valence-electron chi connectivity index (χ0n) is 17.1. The quantitative estimate of drug-likeness (QED) is 0.400. The van der Waals surface area contributed by atoms with Gasteiger partial charge in [-0.25, -0.2) is 8.42 Å². The van der Waals surface area contributed by atoms with Gasteiger partial charge in [-0.1, -0.05) is 49.1 Å². The van der Waals surface area contributed by atoms with Crippen molar-refractivity contribution in [2.75, 3.05) is 13.2 Å². The highest BCUT2D eigenvalue weighted by molar-refractivity contribution is 7.89. The molecule has 0 N–H and O–H groups in total. The molecule has 3 aromatic carbocycles. The van der Waals surface area contributed by atoms with Gasteiger partial charge in [-0.05, 0) is 59.5 Å². The minimum atomic E-state index is -3.55. The third-order valence-electron chi connectivity index (χ3n) is 5.16. The number of aliphatic imine (C=N–C) groups is 1. The summed E-state index contributed by atoms with van der Waals surface area (Å²) in [4.78, 5) is 4.74. The summed E-state index contributed by atoms with van der Waals surface area (Å²) in [5.41, 5.74) is 3.86. The number of rotatable bonds is 7. The van der Waals surface area contributed by atoms with Gasteiger partial charge in [-0.2, -0.15) is 4.31 Å². The molecule has 1 heterocycles. The molecule has 0 unspecified atom stereocenters. The Hall–Kier alpha value is -3.22. The standard InChI is InChI=1S/C25H24N2O3S/c1-2-16-30-24-9-5-6-20(17-24)18-26-23-10-12-25(13-11-23)31(28,29)27-15-14-21-7-3-4-8-22(21)19-27/h2-13,17-18H,1,14-16,19H2. The summed E-state index contributed by atoms with van der Waals surface area (Å²) in [6.07, 6.45) is 4.15. The molecule has 0 bridgehead atoms. The van der Waals surface area contributed by atoms with Gasteiger partial charge >= 0.3 is 0 Å². The van der Waals surface area contributed by atoms with E-state index in [0.717, 1.165) is 23.3 Å². The van der Waals surface area contributed by atoms with Crippen LogP contribution in [0.2, 0.25) is 0 Å². The van der Waals surface area contributed by atoms with Gasteiger partial charge in [0.2, 0.25) is 10.0 Å². The second-order valence-electron chi connectivity index (χ2n) is 7.28. The SMILES string of the molecule is C=CCOc1cccc(C=Nc2ccc(S(=O)(=O)N3CCc4ccccc4C3)cc2)c1. The van der Waals surface area contributed by atoms with Crippen molar-refractivity contribution in [2.24, 2.45) is 4.99 Å². The van der Waals surface area contributed by atoms with Gasteiger partial charge in [-0.15, -0.1) is 0 Å². The summed E-state index contributed by atoms with van der Waals surface area (Å²) < 4.78 is 33.2. The number of benzene rings is 3. The topological polar surface area (TPSA) is 59.0 Å².